The van der Waals surface area contributed by atoms with Crippen LogP contribution in [0.4, 0.5) is 19.3 Å². The second-order valence-electron chi connectivity index (χ2n) is 6.07. The Labute approximate surface area is 171 Å². The minimum absolute atomic E-state index is 0.0545. The van der Waals surface area contributed by atoms with E-state index in [0.717, 1.165) is 23.3 Å². The van der Waals surface area contributed by atoms with E-state index in [1.54, 1.807) is 12.1 Å². The van der Waals surface area contributed by atoms with Gasteiger partial charge in [-0.15, -0.1) is 0 Å². The third kappa shape index (κ3) is 6.16. The lowest BCUT2D eigenvalue weighted by atomic mass is 10.1. The van der Waals surface area contributed by atoms with Gasteiger partial charge >= 0.3 is 18.6 Å². The summed E-state index contributed by atoms with van der Waals surface area (Å²) in [6.45, 7) is -0.0866. The molecule has 2 rings (SSSR count). The molecule has 0 bridgehead atoms. The monoisotopic (exact) mass is 422 g/mol. The predicted molar refractivity (Wildman–Crippen MR) is 103 cm³/mol. The van der Waals surface area contributed by atoms with E-state index < -0.39 is 31.1 Å². The van der Waals surface area contributed by atoms with Gasteiger partial charge in [0, 0.05) is 5.69 Å². The number of amides is 3. The first-order valence-electron chi connectivity index (χ1n) is 8.68. The molecule has 0 saturated carbocycles. The number of carbonyl (C=O) groups excluding carboxylic acids is 3. The Balaban J connectivity index is 1.90. The zero-order chi connectivity index (χ0) is 22.3. The molecule has 8 nitrogen and oxygen atoms in total. The molecule has 0 radical (unpaired) electrons. The molecule has 2 N–H and O–H groups in total. The van der Waals surface area contributed by atoms with Gasteiger partial charge in [0.15, 0.2) is 18.1 Å². The Morgan fingerprint density at radius 2 is 1.80 bits per heavy atom. The quantitative estimate of drug-likeness (QED) is 0.663. The number of carbonyl (C=O) groups is 3. The molecule has 0 saturated heterocycles. The number of nitrogens with one attached hydrogen (secondary N) is 2. The molecule has 3 amide bonds. The largest absolute Gasteiger partial charge is 0.493 e. The molecule has 0 atom stereocenters. The zero-order valence-corrected chi connectivity index (χ0v) is 16.5. The van der Waals surface area contributed by atoms with Crippen molar-refractivity contribution in [2.45, 2.75) is 20.5 Å². The number of hydrogen-bond acceptors (Lipinski definition) is 6. The van der Waals surface area contributed by atoms with E-state index in [2.05, 4.69) is 10.1 Å². The molecule has 0 spiro atoms. The van der Waals surface area contributed by atoms with Crippen molar-refractivity contribution in [1.29, 1.82) is 0 Å². The second kappa shape index (κ2) is 10.2. The van der Waals surface area contributed by atoms with Crippen molar-refractivity contribution in [3.63, 3.8) is 0 Å². The van der Waals surface area contributed by atoms with Gasteiger partial charge in [-0.2, -0.15) is 8.78 Å². The van der Waals surface area contributed by atoms with E-state index >= 15 is 0 Å². The molecule has 0 fully saturated rings. The SMILES string of the molecule is COc1cc(C(=O)OCC(=O)NC(=O)Nc2cccc(C)c2C)ccc1OC(F)F. The van der Waals surface area contributed by atoms with Gasteiger partial charge in [-0.1, -0.05) is 12.1 Å². The fourth-order valence-electron chi connectivity index (χ4n) is 2.41. The first-order chi connectivity index (χ1) is 14.2. The Bertz CT molecular complexity index is 949. The average Bonchev–Trinajstić information content (AvgIpc) is 2.69. The van der Waals surface area contributed by atoms with Crippen LogP contribution < -0.4 is 20.1 Å². The van der Waals surface area contributed by atoms with Crippen molar-refractivity contribution in [3.05, 3.63) is 53.1 Å². The lowest BCUT2D eigenvalue weighted by Crippen LogP contribution is -2.37. The van der Waals surface area contributed by atoms with E-state index in [1.165, 1.54) is 13.2 Å². The molecular weight excluding hydrogens is 402 g/mol. The summed E-state index contributed by atoms with van der Waals surface area (Å²) in [6.07, 6.45) is 0. The van der Waals surface area contributed by atoms with E-state index in [9.17, 15) is 23.2 Å². The van der Waals surface area contributed by atoms with Crippen LogP contribution in [0.25, 0.3) is 0 Å². The van der Waals surface area contributed by atoms with Crippen LogP contribution in [0.5, 0.6) is 11.5 Å². The molecule has 10 heteroatoms. The van der Waals surface area contributed by atoms with Gasteiger partial charge in [-0.05, 0) is 49.2 Å². The van der Waals surface area contributed by atoms with Gasteiger partial charge in [-0.3, -0.25) is 10.1 Å². The number of aryl methyl sites for hydroxylation is 1. The first-order valence-corrected chi connectivity index (χ1v) is 8.68. The molecule has 0 aliphatic carbocycles. The molecule has 160 valence electrons. The van der Waals surface area contributed by atoms with E-state index in [4.69, 9.17) is 9.47 Å². The zero-order valence-electron chi connectivity index (χ0n) is 16.5. The van der Waals surface area contributed by atoms with Crippen LogP contribution >= 0.6 is 0 Å². The summed E-state index contributed by atoms with van der Waals surface area (Å²) in [4.78, 5) is 35.8. The molecular formula is C20H20F2N2O6. The van der Waals surface area contributed by atoms with Gasteiger partial charge in [0.25, 0.3) is 5.91 Å². The van der Waals surface area contributed by atoms with Crippen molar-refractivity contribution in [2.24, 2.45) is 0 Å². The number of halogens is 2. The average molecular weight is 422 g/mol. The van der Waals surface area contributed by atoms with Gasteiger partial charge in [-0.25, -0.2) is 9.59 Å². The summed E-state index contributed by atoms with van der Waals surface area (Å²) >= 11 is 0. The summed E-state index contributed by atoms with van der Waals surface area (Å²) in [7, 11) is 1.21. The highest BCUT2D eigenvalue weighted by atomic mass is 19.3. The highest BCUT2D eigenvalue weighted by molar-refractivity contribution is 6.02. The number of methoxy groups -OCH3 is 1. The van der Waals surface area contributed by atoms with Gasteiger partial charge in [0.1, 0.15) is 0 Å². The van der Waals surface area contributed by atoms with Gasteiger partial charge in [0.05, 0.1) is 12.7 Å². The van der Waals surface area contributed by atoms with E-state index in [1.807, 2.05) is 25.2 Å². The van der Waals surface area contributed by atoms with Crippen LogP contribution in [-0.2, 0) is 9.53 Å². The summed E-state index contributed by atoms with van der Waals surface area (Å²) in [5.74, 6) is -2.13. The maximum absolute atomic E-state index is 12.3. The minimum atomic E-state index is -3.06. The predicted octanol–water partition coefficient (Wildman–Crippen LogP) is 3.42. The van der Waals surface area contributed by atoms with E-state index in [0.29, 0.717) is 5.69 Å². The highest BCUT2D eigenvalue weighted by Crippen LogP contribution is 2.29. The lowest BCUT2D eigenvalue weighted by molar-refractivity contribution is -0.123. The Hall–Kier alpha value is -3.69. The highest BCUT2D eigenvalue weighted by Gasteiger charge is 2.17. The number of urea groups is 1. The number of benzene rings is 2. The van der Waals surface area contributed by atoms with Crippen LogP contribution in [0.15, 0.2) is 36.4 Å². The van der Waals surface area contributed by atoms with Crippen LogP contribution in [0, 0.1) is 13.8 Å². The maximum atomic E-state index is 12.3. The number of anilines is 1. The molecule has 0 aromatic heterocycles. The Morgan fingerprint density at radius 3 is 2.47 bits per heavy atom. The Morgan fingerprint density at radius 1 is 1.07 bits per heavy atom. The normalized spacial score (nSPS) is 10.3. The van der Waals surface area contributed by atoms with E-state index in [-0.39, 0.29) is 17.1 Å². The smallest absolute Gasteiger partial charge is 0.387 e. The lowest BCUT2D eigenvalue weighted by Gasteiger charge is -2.12. The third-order valence-electron chi connectivity index (χ3n) is 4.06. The number of alkyl halides is 2. The molecule has 2 aromatic rings. The van der Waals surface area contributed by atoms with Crippen molar-refractivity contribution >= 4 is 23.6 Å². The van der Waals surface area contributed by atoms with Crippen molar-refractivity contribution in [2.75, 3.05) is 19.0 Å². The van der Waals surface area contributed by atoms with Crippen molar-refractivity contribution in [1.82, 2.24) is 5.32 Å². The second-order valence-corrected chi connectivity index (χ2v) is 6.07. The topological polar surface area (TPSA) is 103 Å². The molecule has 0 aliphatic rings. The van der Waals surface area contributed by atoms with Gasteiger partial charge in [0.2, 0.25) is 0 Å². The minimum Gasteiger partial charge on any atom is -0.493 e. The molecule has 0 heterocycles. The number of ether oxygens (including phenoxy) is 3. The maximum Gasteiger partial charge on any atom is 0.387 e. The fourth-order valence-corrected chi connectivity index (χ4v) is 2.41. The van der Waals surface area contributed by atoms with Crippen LogP contribution in [0.1, 0.15) is 21.5 Å². The number of rotatable bonds is 7. The standard InChI is InChI=1S/C20H20F2N2O6/c1-11-5-4-6-14(12(11)2)23-20(27)24-17(25)10-29-18(26)13-7-8-15(30-19(21)22)16(9-13)28-3/h4-9,19H,10H2,1-3H3,(H2,23,24,25,27). The summed E-state index contributed by atoms with van der Waals surface area (Å²) in [5, 5.41) is 4.58. The molecule has 0 aliphatic heterocycles. The number of imide groups is 1. The molecule has 0 unspecified atom stereocenters. The van der Waals surface area contributed by atoms with Crippen LogP contribution in [0.2, 0.25) is 0 Å². The summed E-state index contributed by atoms with van der Waals surface area (Å²) in [6, 6.07) is 7.96. The third-order valence-corrected chi connectivity index (χ3v) is 4.06. The Kier molecular flexibility index (Phi) is 7.68. The van der Waals surface area contributed by atoms with Crippen molar-refractivity contribution < 1.29 is 37.4 Å². The summed E-state index contributed by atoms with van der Waals surface area (Å²) < 4.78 is 38.7. The van der Waals surface area contributed by atoms with Crippen molar-refractivity contribution in [3.8, 4) is 11.5 Å². The number of hydrogen-bond donors (Lipinski definition) is 2. The number of esters is 1. The first kappa shape index (κ1) is 22.6. The summed E-state index contributed by atoms with van der Waals surface area (Å²) in [5.41, 5.74) is 2.30. The molecule has 30 heavy (non-hydrogen) atoms. The van der Waals surface area contributed by atoms with Crippen LogP contribution in [-0.4, -0.2) is 38.2 Å². The fraction of sp³-hybridized carbons (Fsp3) is 0.250. The van der Waals surface area contributed by atoms with Gasteiger partial charge < -0.3 is 19.5 Å². The molecule has 2 aromatic carbocycles. The van der Waals surface area contributed by atoms with Crippen LogP contribution in [0.3, 0.4) is 0 Å².